The van der Waals surface area contributed by atoms with Gasteiger partial charge in [0.05, 0.1) is 0 Å². The molecular formula is C24H22F3NO6. The molecule has 3 aliphatic rings. The smallest absolute Gasteiger partial charge is 0.425 e. The van der Waals surface area contributed by atoms with E-state index >= 15 is 0 Å². The Morgan fingerprint density at radius 3 is 1.88 bits per heavy atom. The first-order valence-electron chi connectivity index (χ1n) is 10.8. The summed E-state index contributed by atoms with van der Waals surface area (Å²) in [4.78, 5) is 13.6. The molecule has 180 valence electrons. The third kappa shape index (κ3) is 4.32. The van der Waals surface area contributed by atoms with Gasteiger partial charge in [0.25, 0.3) is 0 Å². The molecule has 3 aliphatic heterocycles. The monoisotopic (exact) mass is 477 g/mol. The Morgan fingerprint density at radius 1 is 0.882 bits per heavy atom. The molecule has 0 saturated carbocycles. The van der Waals surface area contributed by atoms with E-state index in [2.05, 4.69) is 4.74 Å². The van der Waals surface area contributed by atoms with Crippen molar-refractivity contribution in [2.75, 3.05) is 26.7 Å². The predicted octanol–water partition coefficient (Wildman–Crippen LogP) is 5.13. The maximum absolute atomic E-state index is 12.8. The number of hydrogen-bond donors (Lipinski definition) is 0. The number of carbonyl (C=O) groups excluding carboxylic acids is 1. The number of amides is 1. The van der Waals surface area contributed by atoms with Crippen LogP contribution in [0.5, 0.6) is 23.0 Å². The van der Waals surface area contributed by atoms with Crippen molar-refractivity contribution in [3.8, 4) is 23.0 Å². The summed E-state index contributed by atoms with van der Waals surface area (Å²) in [5.74, 6) is 2.60. The fourth-order valence-corrected chi connectivity index (χ4v) is 4.18. The van der Waals surface area contributed by atoms with Crippen LogP contribution in [0.25, 0.3) is 5.57 Å². The third-order valence-electron chi connectivity index (χ3n) is 6.04. The molecule has 2 aromatic rings. The Hall–Kier alpha value is -3.56. The molecule has 0 aliphatic carbocycles. The molecule has 3 heterocycles. The summed E-state index contributed by atoms with van der Waals surface area (Å²) in [6, 6.07) is 11.4. The lowest BCUT2D eigenvalue weighted by atomic mass is 9.88. The minimum absolute atomic E-state index is 0.155. The van der Waals surface area contributed by atoms with Crippen LogP contribution in [0, 0.1) is 0 Å². The van der Waals surface area contributed by atoms with Crippen molar-refractivity contribution < 1.29 is 41.7 Å². The van der Waals surface area contributed by atoms with Crippen molar-refractivity contribution in [2.24, 2.45) is 0 Å². The first kappa shape index (κ1) is 22.2. The highest BCUT2D eigenvalue weighted by molar-refractivity contribution is 5.84. The van der Waals surface area contributed by atoms with Crippen molar-refractivity contribution in [1.82, 2.24) is 4.90 Å². The van der Waals surface area contributed by atoms with Crippen LogP contribution in [-0.4, -0.2) is 49.9 Å². The molecule has 1 saturated heterocycles. The van der Waals surface area contributed by atoms with Crippen LogP contribution in [-0.2, 0) is 4.74 Å². The zero-order chi connectivity index (χ0) is 23.9. The van der Waals surface area contributed by atoms with Crippen molar-refractivity contribution in [2.45, 2.75) is 32.0 Å². The number of benzene rings is 2. The number of likely N-dealkylation sites (tertiary alicyclic amines) is 1. The van der Waals surface area contributed by atoms with Crippen LogP contribution in [0.15, 0.2) is 42.0 Å². The van der Waals surface area contributed by atoms with Gasteiger partial charge >= 0.3 is 12.3 Å². The fourth-order valence-electron chi connectivity index (χ4n) is 4.18. The first-order chi connectivity index (χ1) is 16.3. The van der Waals surface area contributed by atoms with Gasteiger partial charge in [0.1, 0.15) is 0 Å². The first-order valence-corrected chi connectivity index (χ1v) is 10.8. The molecular weight excluding hydrogens is 455 g/mol. The molecule has 1 fully saturated rings. The fraction of sp³-hybridized carbons (Fsp3) is 0.375. The highest BCUT2D eigenvalue weighted by Crippen LogP contribution is 2.42. The molecule has 1 atom stereocenters. The summed E-state index contributed by atoms with van der Waals surface area (Å²) >= 11 is 0. The summed E-state index contributed by atoms with van der Waals surface area (Å²) in [6.45, 7) is 1.63. The molecule has 0 N–H and O–H groups in total. The third-order valence-corrected chi connectivity index (χ3v) is 6.04. The van der Waals surface area contributed by atoms with Crippen LogP contribution in [0.3, 0.4) is 0 Å². The van der Waals surface area contributed by atoms with Crippen LogP contribution in [0.4, 0.5) is 18.0 Å². The highest BCUT2D eigenvalue weighted by Gasteiger charge is 2.40. The molecule has 10 heteroatoms. The Bertz CT molecular complexity index is 1080. The SMILES string of the molecule is CC(OC(=O)N1CCC(=C(c2ccc3c(c2)OCO3)c2ccc3c(c2)OCO3)CC1)C(F)(F)F. The largest absolute Gasteiger partial charge is 0.454 e. The van der Waals surface area contributed by atoms with Gasteiger partial charge in [0, 0.05) is 13.1 Å². The van der Waals surface area contributed by atoms with E-state index in [4.69, 9.17) is 18.9 Å². The van der Waals surface area contributed by atoms with E-state index < -0.39 is 18.4 Å². The lowest BCUT2D eigenvalue weighted by Gasteiger charge is -2.31. The maximum atomic E-state index is 12.8. The normalized spacial score (nSPS) is 17.5. The molecule has 0 bridgehead atoms. The van der Waals surface area contributed by atoms with Gasteiger partial charge in [-0.05, 0) is 60.7 Å². The molecule has 0 spiro atoms. The lowest BCUT2D eigenvalue weighted by molar-refractivity contribution is -0.199. The second-order valence-corrected chi connectivity index (χ2v) is 8.17. The van der Waals surface area contributed by atoms with Crippen molar-refractivity contribution in [1.29, 1.82) is 0 Å². The van der Waals surface area contributed by atoms with Gasteiger partial charge in [-0.3, -0.25) is 0 Å². The predicted molar refractivity (Wildman–Crippen MR) is 114 cm³/mol. The Labute approximate surface area is 193 Å². The number of alkyl halides is 3. The summed E-state index contributed by atoms with van der Waals surface area (Å²) in [7, 11) is 0. The van der Waals surface area contributed by atoms with E-state index in [-0.39, 0.29) is 26.7 Å². The van der Waals surface area contributed by atoms with Crippen LogP contribution in [0.1, 0.15) is 30.9 Å². The Morgan fingerprint density at radius 2 is 1.38 bits per heavy atom. The molecule has 1 amide bonds. The Balaban J connectivity index is 1.43. The van der Waals surface area contributed by atoms with Crippen molar-refractivity contribution in [3.05, 3.63) is 53.1 Å². The van der Waals surface area contributed by atoms with E-state index in [0.29, 0.717) is 35.8 Å². The van der Waals surface area contributed by atoms with Gasteiger partial charge in [-0.15, -0.1) is 0 Å². The molecule has 0 aromatic heterocycles. The molecule has 2 aromatic carbocycles. The zero-order valence-electron chi connectivity index (χ0n) is 18.3. The van der Waals surface area contributed by atoms with E-state index in [0.717, 1.165) is 29.2 Å². The molecule has 1 unspecified atom stereocenters. The zero-order valence-corrected chi connectivity index (χ0v) is 18.3. The van der Waals surface area contributed by atoms with Gasteiger partial charge in [-0.25, -0.2) is 4.79 Å². The topological polar surface area (TPSA) is 66.5 Å². The number of carbonyl (C=O) groups is 1. The number of nitrogens with zero attached hydrogens (tertiary/aromatic N) is 1. The molecule has 7 nitrogen and oxygen atoms in total. The minimum Gasteiger partial charge on any atom is -0.454 e. The quantitative estimate of drug-likeness (QED) is 0.611. The number of rotatable bonds is 3. The van der Waals surface area contributed by atoms with E-state index in [1.165, 1.54) is 4.90 Å². The summed E-state index contributed by atoms with van der Waals surface area (Å²) in [5.41, 5.74) is 3.82. The molecule has 0 radical (unpaired) electrons. The number of piperidine rings is 1. The van der Waals surface area contributed by atoms with Gasteiger partial charge in [0.2, 0.25) is 13.6 Å². The van der Waals surface area contributed by atoms with Gasteiger partial charge in [-0.1, -0.05) is 17.7 Å². The second-order valence-electron chi connectivity index (χ2n) is 8.17. The van der Waals surface area contributed by atoms with E-state index in [9.17, 15) is 18.0 Å². The average molecular weight is 477 g/mol. The van der Waals surface area contributed by atoms with Crippen LogP contribution >= 0.6 is 0 Å². The van der Waals surface area contributed by atoms with Crippen LogP contribution < -0.4 is 18.9 Å². The van der Waals surface area contributed by atoms with Crippen molar-refractivity contribution >= 4 is 11.7 Å². The van der Waals surface area contributed by atoms with E-state index in [1.807, 2.05) is 36.4 Å². The lowest BCUT2D eigenvalue weighted by Crippen LogP contribution is -2.41. The second kappa shape index (κ2) is 8.66. The molecule has 5 rings (SSSR count). The molecule has 34 heavy (non-hydrogen) atoms. The number of halogens is 3. The summed E-state index contributed by atoms with van der Waals surface area (Å²) in [6.07, 6.45) is -6.75. The van der Waals surface area contributed by atoms with E-state index in [1.54, 1.807) is 0 Å². The average Bonchev–Trinajstić information content (AvgIpc) is 3.47. The van der Waals surface area contributed by atoms with Gasteiger partial charge in [-0.2, -0.15) is 13.2 Å². The highest BCUT2D eigenvalue weighted by atomic mass is 19.4. The van der Waals surface area contributed by atoms with Crippen LogP contribution in [0.2, 0.25) is 0 Å². The number of fused-ring (bicyclic) bond motifs is 2. The summed E-state index contributed by atoms with van der Waals surface area (Å²) < 4.78 is 64.9. The summed E-state index contributed by atoms with van der Waals surface area (Å²) in [5, 5.41) is 0. The maximum Gasteiger partial charge on any atom is 0.425 e. The van der Waals surface area contributed by atoms with Gasteiger partial charge < -0.3 is 28.6 Å². The Kier molecular flexibility index (Phi) is 5.66. The minimum atomic E-state index is -4.59. The number of hydrogen-bond acceptors (Lipinski definition) is 6. The van der Waals surface area contributed by atoms with Gasteiger partial charge in [0.15, 0.2) is 29.1 Å². The standard InChI is InChI=1S/C24H22F3NO6/c1-14(24(25,26)27)34-23(29)28-8-6-15(7-9-28)22(16-2-4-18-20(10-16)32-12-30-18)17-3-5-19-21(11-17)33-13-31-19/h2-5,10-11,14H,6-9,12-13H2,1H3. The van der Waals surface area contributed by atoms with Crippen molar-refractivity contribution in [3.63, 3.8) is 0 Å². The number of ether oxygens (including phenoxy) is 5.